The van der Waals surface area contributed by atoms with Crippen molar-refractivity contribution in [3.05, 3.63) is 11.1 Å². The summed E-state index contributed by atoms with van der Waals surface area (Å²) in [4.78, 5) is 2.38. The van der Waals surface area contributed by atoms with E-state index in [0.717, 1.165) is 25.0 Å². The van der Waals surface area contributed by atoms with Crippen LogP contribution in [0.5, 0.6) is 0 Å². The summed E-state index contributed by atoms with van der Waals surface area (Å²) in [5.41, 5.74) is 2.86. The van der Waals surface area contributed by atoms with E-state index in [0.29, 0.717) is 12.2 Å². The molecule has 1 heterocycles. The van der Waals surface area contributed by atoms with Crippen LogP contribution in [-0.4, -0.2) is 42.1 Å². The fraction of sp³-hybridized carbons (Fsp3) is 0.800. The smallest absolute Gasteiger partial charge is 0.0802 e. The normalized spacial score (nSPS) is 30.7. The average Bonchev–Trinajstić information content (AvgIpc) is 2.16. The van der Waals surface area contributed by atoms with Gasteiger partial charge < -0.3 is 4.74 Å². The molecule has 1 saturated heterocycles. The van der Waals surface area contributed by atoms with E-state index in [1.807, 2.05) is 0 Å². The summed E-state index contributed by atoms with van der Waals surface area (Å²) >= 11 is 9.11. The molecule has 0 aromatic rings. The molecule has 1 aliphatic heterocycles. The van der Waals surface area contributed by atoms with Crippen molar-refractivity contribution in [2.45, 2.75) is 26.1 Å². The standard InChI is InChI=1S/C10H17BrClNO/c1-8(4-12)5-13-6-9(2)14-10(3-11)7-13/h4,9-10H,3,5-7H2,1-2H3. The van der Waals surface area contributed by atoms with Crippen molar-refractivity contribution < 1.29 is 4.74 Å². The Balaban J connectivity index is 2.45. The molecule has 2 unspecified atom stereocenters. The van der Waals surface area contributed by atoms with Crippen LogP contribution < -0.4 is 0 Å². The maximum absolute atomic E-state index is 5.74. The van der Waals surface area contributed by atoms with E-state index in [9.17, 15) is 0 Å². The first kappa shape index (κ1) is 12.5. The molecular formula is C10H17BrClNO. The highest BCUT2D eigenvalue weighted by atomic mass is 79.9. The van der Waals surface area contributed by atoms with Gasteiger partial charge in [0.15, 0.2) is 0 Å². The number of halogens is 2. The number of alkyl halides is 1. The summed E-state index contributed by atoms with van der Waals surface area (Å²) < 4.78 is 5.74. The molecule has 0 saturated carbocycles. The first-order chi connectivity index (χ1) is 6.65. The molecule has 0 bridgehead atoms. The topological polar surface area (TPSA) is 12.5 Å². The predicted molar refractivity (Wildman–Crippen MR) is 64.2 cm³/mol. The van der Waals surface area contributed by atoms with Crippen molar-refractivity contribution in [2.24, 2.45) is 0 Å². The van der Waals surface area contributed by atoms with E-state index in [1.54, 1.807) is 5.54 Å². The summed E-state index contributed by atoms with van der Waals surface area (Å²) in [6.45, 7) is 7.09. The monoisotopic (exact) mass is 281 g/mol. The first-order valence-corrected chi connectivity index (χ1v) is 6.41. The minimum Gasteiger partial charge on any atom is -0.372 e. The molecule has 82 valence electrons. The molecule has 4 heteroatoms. The van der Waals surface area contributed by atoms with E-state index < -0.39 is 0 Å². The molecule has 14 heavy (non-hydrogen) atoms. The summed E-state index contributed by atoms with van der Waals surface area (Å²) in [7, 11) is 0. The molecule has 0 aromatic heterocycles. The van der Waals surface area contributed by atoms with Crippen molar-refractivity contribution in [1.82, 2.24) is 4.90 Å². The molecule has 0 radical (unpaired) electrons. The van der Waals surface area contributed by atoms with Crippen LogP contribution in [0.4, 0.5) is 0 Å². The van der Waals surface area contributed by atoms with Crippen LogP contribution in [0.2, 0.25) is 0 Å². The van der Waals surface area contributed by atoms with Crippen molar-refractivity contribution >= 4 is 27.5 Å². The largest absolute Gasteiger partial charge is 0.372 e. The second-order valence-electron chi connectivity index (χ2n) is 3.87. The molecule has 0 aliphatic carbocycles. The third-order valence-corrected chi connectivity index (χ3v) is 3.33. The van der Waals surface area contributed by atoms with Gasteiger partial charge in [0.05, 0.1) is 12.2 Å². The van der Waals surface area contributed by atoms with Gasteiger partial charge >= 0.3 is 0 Å². The Labute approximate surface area is 99.4 Å². The molecule has 2 atom stereocenters. The molecule has 0 amide bonds. The number of ether oxygens (including phenoxy) is 1. The zero-order valence-electron chi connectivity index (χ0n) is 8.67. The van der Waals surface area contributed by atoms with Gasteiger partial charge in [-0.2, -0.15) is 0 Å². The lowest BCUT2D eigenvalue weighted by atomic mass is 10.2. The quantitative estimate of drug-likeness (QED) is 0.738. The first-order valence-electron chi connectivity index (χ1n) is 4.85. The maximum Gasteiger partial charge on any atom is 0.0802 e. The highest BCUT2D eigenvalue weighted by molar-refractivity contribution is 9.09. The van der Waals surface area contributed by atoms with Crippen molar-refractivity contribution in [1.29, 1.82) is 0 Å². The fourth-order valence-corrected chi connectivity index (χ4v) is 2.17. The Morgan fingerprint density at radius 2 is 2.36 bits per heavy atom. The van der Waals surface area contributed by atoms with Gasteiger partial charge in [0.1, 0.15) is 0 Å². The lowest BCUT2D eigenvalue weighted by molar-refractivity contribution is -0.0625. The lowest BCUT2D eigenvalue weighted by Crippen LogP contribution is -2.47. The molecule has 0 aromatic carbocycles. The number of hydrogen-bond acceptors (Lipinski definition) is 2. The molecule has 1 rings (SSSR count). The number of rotatable bonds is 3. The van der Waals surface area contributed by atoms with E-state index in [2.05, 4.69) is 34.7 Å². The molecule has 1 aliphatic rings. The number of hydrogen-bond donors (Lipinski definition) is 0. The molecule has 1 fully saturated rings. The van der Waals surface area contributed by atoms with Crippen LogP contribution in [0, 0.1) is 0 Å². The van der Waals surface area contributed by atoms with Crippen LogP contribution in [-0.2, 0) is 4.74 Å². The maximum atomic E-state index is 5.74. The summed E-state index contributed by atoms with van der Waals surface area (Å²) in [6.07, 6.45) is 0.622. The van der Waals surface area contributed by atoms with Gasteiger partial charge in [0.25, 0.3) is 0 Å². The third-order valence-electron chi connectivity index (χ3n) is 2.23. The molecule has 2 nitrogen and oxygen atoms in total. The van der Waals surface area contributed by atoms with Gasteiger partial charge in [-0.3, -0.25) is 4.90 Å². The van der Waals surface area contributed by atoms with Gasteiger partial charge in [-0.15, -0.1) is 0 Å². The number of morpholine rings is 1. The Morgan fingerprint density at radius 3 is 2.93 bits per heavy atom. The van der Waals surface area contributed by atoms with Crippen LogP contribution in [0.1, 0.15) is 13.8 Å². The third kappa shape index (κ3) is 3.89. The van der Waals surface area contributed by atoms with Crippen LogP contribution in [0.3, 0.4) is 0 Å². The minimum atomic E-state index is 0.307. The molecular weight excluding hydrogens is 265 g/mol. The summed E-state index contributed by atoms with van der Waals surface area (Å²) in [5.74, 6) is 0. The van der Waals surface area contributed by atoms with Crippen LogP contribution >= 0.6 is 27.5 Å². The van der Waals surface area contributed by atoms with Gasteiger partial charge in [0.2, 0.25) is 0 Å². The Hall–Kier alpha value is 0.430. The Kier molecular flexibility index (Phi) is 5.45. The van der Waals surface area contributed by atoms with E-state index in [4.69, 9.17) is 16.3 Å². The molecule has 0 N–H and O–H groups in total. The van der Waals surface area contributed by atoms with Crippen molar-refractivity contribution in [2.75, 3.05) is 25.0 Å². The van der Waals surface area contributed by atoms with E-state index >= 15 is 0 Å². The number of nitrogens with zero attached hydrogens (tertiary/aromatic N) is 1. The zero-order valence-corrected chi connectivity index (χ0v) is 11.0. The minimum absolute atomic E-state index is 0.307. The van der Waals surface area contributed by atoms with Crippen molar-refractivity contribution in [3.8, 4) is 0 Å². The van der Waals surface area contributed by atoms with E-state index in [-0.39, 0.29) is 0 Å². The van der Waals surface area contributed by atoms with Gasteiger partial charge in [-0.25, -0.2) is 0 Å². The van der Waals surface area contributed by atoms with Crippen molar-refractivity contribution in [3.63, 3.8) is 0 Å². The highest BCUT2D eigenvalue weighted by Gasteiger charge is 2.24. The van der Waals surface area contributed by atoms with E-state index in [1.165, 1.54) is 5.57 Å². The zero-order chi connectivity index (χ0) is 10.6. The fourth-order valence-electron chi connectivity index (χ4n) is 1.74. The molecule has 0 spiro atoms. The average molecular weight is 283 g/mol. The van der Waals surface area contributed by atoms with Gasteiger partial charge in [-0.1, -0.05) is 27.5 Å². The lowest BCUT2D eigenvalue weighted by Gasteiger charge is -2.36. The highest BCUT2D eigenvalue weighted by Crippen LogP contribution is 2.14. The second-order valence-corrected chi connectivity index (χ2v) is 4.74. The Bertz CT molecular complexity index is 210. The summed E-state index contributed by atoms with van der Waals surface area (Å²) in [6, 6.07) is 0. The van der Waals surface area contributed by atoms with Crippen LogP contribution in [0.15, 0.2) is 11.1 Å². The Morgan fingerprint density at radius 1 is 1.64 bits per heavy atom. The second kappa shape index (κ2) is 6.11. The predicted octanol–water partition coefficient (Wildman–Crippen LogP) is 2.61. The SMILES string of the molecule is CC(=CCl)CN1CC(C)OC(CBr)C1. The van der Waals surface area contributed by atoms with Crippen LogP contribution in [0.25, 0.3) is 0 Å². The summed E-state index contributed by atoms with van der Waals surface area (Å²) in [5, 5.41) is 0.900. The van der Waals surface area contributed by atoms with Gasteiger partial charge in [0, 0.05) is 30.5 Å². The van der Waals surface area contributed by atoms with Gasteiger partial charge in [-0.05, 0) is 19.4 Å².